The molecule has 1 aromatic heterocycles. The zero-order valence-electron chi connectivity index (χ0n) is 19.3. The third kappa shape index (κ3) is 7.11. The van der Waals surface area contributed by atoms with E-state index in [1.165, 1.54) is 5.69 Å². The fourth-order valence-electron chi connectivity index (χ4n) is 3.77. The van der Waals surface area contributed by atoms with E-state index in [0.717, 1.165) is 81.2 Å². The third-order valence-electron chi connectivity index (χ3n) is 5.47. The van der Waals surface area contributed by atoms with E-state index in [1.54, 1.807) is 18.4 Å². The van der Waals surface area contributed by atoms with Gasteiger partial charge in [0.05, 0.1) is 24.4 Å². The lowest BCUT2D eigenvalue weighted by Crippen LogP contribution is -2.46. The van der Waals surface area contributed by atoms with Crippen LogP contribution in [-0.4, -0.2) is 80.7 Å². The van der Waals surface area contributed by atoms with Crippen molar-refractivity contribution < 1.29 is 4.74 Å². The lowest BCUT2D eigenvalue weighted by atomic mass is 10.2. The summed E-state index contributed by atoms with van der Waals surface area (Å²) >= 11 is 1.70. The summed E-state index contributed by atoms with van der Waals surface area (Å²) in [5, 5.41) is 6.64. The standard InChI is InChI=1S/C23H36N6OS/c1-5-24-23(27(3)17-20-18-31-19(2)26-20)25-11-6-12-28-13-15-29(16-14-28)21-7-9-22(30-4)10-8-21/h7-10,18H,5-6,11-17H2,1-4H3,(H,24,25). The van der Waals surface area contributed by atoms with Gasteiger partial charge in [-0.1, -0.05) is 0 Å². The maximum absolute atomic E-state index is 5.26. The van der Waals surface area contributed by atoms with Crippen LogP contribution in [0.15, 0.2) is 34.6 Å². The fraction of sp³-hybridized carbons (Fsp3) is 0.565. The summed E-state index contributed by atoms with van der Waals surface area (Å²) in [4.78, 5) is 16.6. The summed E-state index contributed by atoms with van der Waals surface area (Å²) < 4.78 is 5.26. The minimum atomic E-state index is 0.781. The first-order valence-electron chi connectivity index (χ1n) is 11.1. The topological polar surface area (TPSA) is 56.2 Å². The number of aliphatic imine (C=N–C) groups is 1. The molecule has 0 spiro atoms. The summed E-state index contributed by atoms with van der Waals surface area (Å²) in [5.74, 6) is 1.87. The summed E-state index contributed by atoms with van der Waals surface area (Å²) in [6, 6.07) is 8.37. The average molecular weight is 445 g/mol. The smallest absolute Gasteiger partial charge is 0.194 e. The number of hydrogen-bond acceptors (Lipinski definition) is 6. The number of piperazine rings is 1. The van der Waals surface area contributed by atoms with E-state index in [0.29, 0.717) is 0 Å². The van der Waals surface area contributed by atoms with Gasteiger partial charge in [0.25, 0.3) is 0 Å². The number of aromatic nitrogens is 1. The van der Waals surface area contributed by atoms with E-state index < -0.39 is 0 Å². The number of anilines is 1. The molecule has 1 saturated heterocycles. The lowest BCUT2D eigenvalue weighted by molar-refractivity contribution is 0.256. The van der Waals surface area contributed by atoms with Gasteiger partial charge in [0, 0.05) is 63.9 Å². The van der Waals surface area contributed by atoms with Crippen LogP contribution < -0.4 is 15.0 Å². The maximum Gasteiger partial charge on any atom is 0.194 e. The number of guanidine groups is 1. The van der Waals surface area contributed by atoms with Crippen LogP contribution >= 0.6 is 11.3 Å². The number of rotatable bonds is 9. The highest BCUT2D eigenvalue weighted by atomic mass is 32.1. The summed E-state index contributed by atoms with van der Waals surface area (Å²) in [6.07, 6.45) is 1.07. The van der Waals surface area contributed by atoms with Crippen LogP contribution in [0.3, 0.4) is 0 Å². The third-order valence-corrected chi connectivity index (χ3v) is 6.29. The summed E-state index contributed by atoms with van der Waals surface area (Å²) in [7, 11) is 3.79. The normalized spacial score (nSPS) is 15.2. The molecule has 2 heterocycles. The highest BCUT2D eigenvalue weighted by Crippen LogP contribution is 2.20. The molecule has 1 aliphatic rings. The summed E-state index contributed by atoms with van der Waals surface area (Å²) in [5.41, 5.74) is 2.38. The van der Waals surface area contributed by atoms with Crippen LogP contribution in [0.1, 0.15) is 24.0 Å². The van der Waals surface area contributed by atoms with Crippen molar-refractivity contribution in [3.05, 3.63) is 40.3 Å². The van der Waals surface area contributed by atoms with E-state index in [-0.39, 0.29) is 0 Å². The van der Waals surface area contributed by atoms with Crippen LogP contribution in [0, 0.1) is 6.92 Å². The molecule has 1 aliphatic heterocycles. The molecule has 1 fully saturated rings. The Morgan fingerprint density at radius 1 is 1.23 bits per heavy atom. The molecule has 31 heavy (non-hydrogen) atoms. The van der Waals surface area contributed by atoms with Gasteiger partial charge in [-0.05, 0) is 44.5 Å². The molecule has 2 aromatic rings. The Morgan fingerprint density at radius 3 is 2.58 bits per heavy atom. The molecule has 0 saturated carbocycles. The molecule has 170 valence electrons. The zero-order chi connectivity index (χ0) is 22.1. The maximum atomic E-state index is 5.26. The van der Waals surface area contributed by atoms with Crippen molar-refractivity contribution in [2.24, 2.45) is 4.99 Å². The Balaban J connectivity index is 1.40. The fourth-order valence-corrected chi connectivity index (χ4v) is 4.37. The van der Waals surface area contributed by atoms with Crippen LogP contribution in [0.25, 0.3) is 0 Å². The van der Waals surface area contributed by atoms with Crippen molar-refractivity contribution in [3.63, 3.8) is 0 Å². The minimum Gasteiger partial charge on any atom is -0.497 e. The monoisotopic (exact) mass is 444 g/mol. The molecule has 0 bridgehead atoms. The number of thiazole rings is 1. The van der Waals surface area contributed by atoms with Crippen molar-refractivity contribution in [3.8, 4) is 5.75 Å². The first kappa shape index (κ1) is 23.3. The first-order valence-corrected chi connectivity index (χ1v) is 12.0. The number of ether oxygens (including phenoxy) is 1. The molecule has 1 aromatic carbocycles. The molecule has 1 N–H and O–H groups in total. The number of nitrogens with zero attached hydrogens (tertiary/aromatic N) is 5. The Hall–Kier alpha value is -2.32. The predicted octanol–water partition coefficient (Wildman–Crippen LogP) is 3.07. The number of methoxy groups -OCH3 is 1. The first-order chi connectivity index (χ1) is 15.1. The Kier molecular flexibility index (Phi) is 8.97. The van der Waals surface area contributed by atoms with Gasteiger partial charge >= 0.3 is 0 Å². The van der Waals surface area contributed by atoms with Gasteiger partial charge in [-0.15, -0.1) is 11.3 Å². The highest BCUT2D eigenvalue weighted by Gasteiger charge is 2.17. The van der Waals surface area contributed by atoms with Crippen LogP contribution in [0.4, 0.5) is 5.69 Å². The van der Waals surface area contributed by atoms with E-state index in [4.69, 9.17) is 9.73 Å². The SMILES string of the molecule is CCNC(=NCCCN1CCN(c2ccc(OC)cc2)CC1)N(C)Cc1csc(C)n1. The van der Waals surface area contributed by atoms with Gasteiger partial charge in [-0.25, -0.2) is 4.98 Å². The van der Waals surface area contributed by atoms with Gasteiger partial charge in [-0.2, -0.15) is 0 Å². The molecule has 0 atom stereocenters. The van der Waals surface area contributed by atoms with Crippen molar-refractivity contribution >= 4 is 23.0 Å². The van der Waals surface area contributed by atoms with Crippen molar-refractivity contribution in [1.29, 1.82) is 0 Å². The average Bonchev–Trinajstić information content (AvgIpc) is 3.20. The van der Waals surface area contributed by atoms with E-state index in [1.807, 2.05) is 19.1 Å². The Bertz CT molecular complexity index is 814. The molecule has 3 rings (SSSR count). The van der Waals surface area contributed by atoms with E-state index >= 15 is 0 Å². The molecular formula is C23H36N6OS. The Labute approximate surface area is 190 Å². The quantitative estimate of drug-likeness (QED) is 0.364. The number of nitrogens with one attached hydrogen (secondary N) is 1. The van der Waals surface area contributed by atoms with Crippen molar-refractivity contribution in [2.45, 2.75) is 26.8 Å². The molecule has 0 radical (unpaired) electrons. The summed E-state index contributed by atoms with van der Waals surface area (Å²) in [6.45, 7) is 12.1. The van der Waals surface area contributed by atoms with Gasteiger partial charge in [0.15, 0.2) is 5.96 Å². The van der Waals surface area contributed by atoms with Gasteiger partial charge in [-0.3, -0.25) is 9.89 Å². The molecular weight excluding hydrogens is 408 g/mol. The van der Waals surface area contributed by atoms with Gasteiger partial charge in [0.1, 0.15) is 5.75 Å². The molecule has 0 amide bonds. The highest BCUT2D eigenvalue weighted by molar-refractivity contribution is 7.09. The molecule has 0 aliphatic carbocycles. The van der Waals surface area contributed by atoms with Crippen molar-refractivity contribution in [1.82, 2.24) is 20.1 Å². The Morgan fingerprint density at radius 2 is 1.97 bits per heavy atom. The van der Waals surface area contributed by atoms with E-state index in [2.05, 4.69) is 56.5 Å². The van der Waals surface area contributed by atoms with Crippen LogP contribution in [0.5, 0.6) is 5.75 Å². The van der Waals surface area contributed by atoms with E-state index in [9.17, 15) is 0 Å². The molecule has 7 nitrogen and oxygen atoms in total. The second-order valence-corrected chi connectivity index (χ2v) is 8.89. The number of hydrogen-bond donors (Lipinski definition) is 1. The minimum absolute atomic E-state index is 0.781. The second kappa shape index (κ2) is 11.9. The number of benzene rings is 1. The van der Waals surface area contributed by atoms with Crippen molar-refractivity contribution in [2.75, 3.05) is 64.9 Å². The van der Waals surface area contributed by atoms with Crippen LogP contribution in [0.2, 0.25) is 0 Å². The lowest BCUT2D eigenvalue weighted by Gasteiger charge is -2.36. The van der Waals surface area contributed by atoms with Gasteiger partial charge < -0.3 is 19.9 Å². The molecule has 8 heteroatoms. The zero-order valence-corrected chi connectivity index (χ0v) is 20.1. The largest absolute Gasteiger partial charge is 0.497 e. The van der Waals surface area contributed by atoms with Gasteiger partial charge in [0.2, 0.25) is 0 Å². The number of aryl methyl sites for hydroxylation is 1. The predicted molar refractivity (Wildman–Crippen MR) is 131 cm³/mol. The van der Waals surface area contributed by atoms with Crippen LogP contribution in [-0.2, 0) is 6.54 Å². The second-order valence-electron chi connectivity index (χ2n) is 7.83. The molecule has 0 unspecified atom stereocenters.